The van der Waals surface area contributed by atoms with Gasteiger partial charge in [0.15, 0.2) is 0 Å². The van der Waals surface area contributed by atoms with Crippen LogP contribution in [0.25, 0.3) is 0 Å². The zero-order valence-corrected chi connectivity index (χ0v) is 10.8. The van der Waals surface area contributed by atoms with Gasteiger partial charge in [0.25, 0.3) is 0 Å². The first-order chi connectivity index (χ1) is 8.78. The number of nitrogens with zero attached hydrogens (tertiary/aromatic N) is 1. The molecule has 1 atom stereocenters. The zero-order chi connectivity index (χ0) is 12.8. The molecule has 0 spiro atoms. The number of hydrogen-bond donors (Lipinski definition) is 2. The number of furan rings is 1. The lowest BCUT2D eigenvalue weighted by Gasteiger charge is -2.14. The first kappa shape index (κ1) is 12.5. The first-order valence-electron chi connectivity index (χ1n) is 6.26. The normalized spacial score (nSPS) is 12.1. The Morgan fingerprint density at radius 3 is 3.00 bits per heavy atom. The highest BCUT2D eigenvalue weighted by atomic mass is 16.3. The van der Waals surface area contributed by atoms with Gasteiger partial charge in [-0.1, -0.05) is 0 Å². The maximum absolute atomic E-state index is 5.34. The third-order valence-corrected chi connectivity index (χ3v) is 2.62. The average molecular weight is 245 g/mol. The van der Waals surface area contributed by atoms with Crippen LogP contribution in [0.5, 0.6) is 0 Å². The molecule has 0 amide bonds. The molecule has 2 rings (SSSR count). The van der Waals surface area contributed by atoms with Crippen molar-refractivity contribution in [2.75, 3.05) is 17.2 Å². The van der Waals surface area contributed by atoms with Gasteiger partial charge in [0, 0.05) is 37.0 Å². The number of anilines is 2. The Morgan fingerprint density at radius 1 is 1.39 bits per heavy atom. The summed E-state index contributed by atoms with van der Waals surface area (Å²) in [7, 11) is 0. The van der Waals surface area contributed by atoms with E-state index in [1.54, 1.807) is 12.5 Å². The van der Waals surface area contributed by atoms with Crippen molar-refractivity contribution >= 4 is 11.5 Å². The minimum absolute atomic E-state index is 0.313. The second kappa shape index (κ2) is 6.10. The van der Waals surface area contributed by atoms with Gasteiger partial charge in [0.05, 0.1) is 6.26 Å². The van der Waals surface area contributed by atoms with Gasteiger partial charge in [-0.2, -0.15) is 0 Å². The summed E-state index contributed by atoms with van der Waals surface area (Å²) in [4.78, 5) is 4.24. The van der Waals surface area contributed by atoms with Crippen LogP contribution in [-0.2, 0) is 6.42 Å². The van der Waals surface area contributed by atoms with Gasteiger partial charge < -0.3 is 15.1 Å². The number of aromatic nitrogens is 1. The Bertz CT molecular complexity index is 468. The molecule has 0 radical (unpaired) electrons. The summed E-state index contributed by atoms with van der Waals surface area (Å²) in [6.07, 6.45) is 4.38. The second-order valence-electron chi connectivity index (χ2n) is 4.29. The van der Waals surface area contributed by atoms with Crippen molar-refractivity contribution in [2.24, 2.45) is 0 Å². The van der Waals surface area contributed by atoms with E-state index < -0.39 is 0 Å². The number of rotatable bonds is 6. The SMILES string of the molecule is CCNc1cc(NC(C)Cc2ccco2)ccn1. The van der Waals surface area contributed by atoms with Gasteiger partial charge in [-0.05, 0) is 32.0 Å². The van der Waals surface area contributed by atoms with Gasteiger partial charge in [-0.3, -0.25) is 0 Å². The number of nitrogens with one attached hydrogen (secondary N) is 2. The lowest BCUT2D eigenvalue weighted by molar-refractivity contribution is 0.498. The van der Waals surface area contributed by atoms with E-state index in [1.807, 2.05) is 24.3 Å². The molecule has 2 heterocycles. The molecule has 18 heavy (non-hydrogen) atoms. The Morgan fingerprint density at radius 2 is 2.28 bits per heavy atom. The maximum Gasteiger partial charge on any atom is 0.127 e. The summed E-state index contributed by atoms with van der Waals surface area (Å²) < 4.78 is 5.34. The molecule has 4 heteroatoms. The summed E-state index contributed by atoms with van der Waals surface area (Å²) in [6, 6.07) is 8.21. The van der Waals surface area contributed by atoms with E-state index in [4.69, 9.17) is 4.42 Å². The van der Waals surface area contributed by atoms with E-state index in [9.17, 15) is 0 Å². The minimum atomic E-state index is 0.313. The highest BCUT2D eigenvalue weighted by Crippen LogP contribution is 2.14. The molecule has 0 aromatic carbocycles. The maximum atomic E-state index is 5.34. The van der Waals surface area contributed by atoms with Crippen molar-refractivity contribution in [1.29, 1.82) is 0 Å². The summed E-state index contributed by atoms with van der Waals surface area (Å²) >= 11 is 0. The van der Waals surface area contributed by atoms with Crippen LogP contribution in [0.4, 0.5) is 11.5 Å². The topological polar surface area (TPSA) is 50.1 Å². The molecule has 0 fully saturated rings. The summed E-state index contributed by atoms with van der Waals surface area (Å²) in [5.74, 6) is 1.89. The standard InChI is InChI=1S/C14H19N3O/c1-3-15-14-10-12(6-7-16-14)17-11(2)9-13-5-4-8-18-13/h4-8,10-11H,3,9H2,1-2H3,(H2,15,16,17). The fraction of sp³-hybridized carbons (Fsp3) is 0.357. The van der Waals surface area contributed by atoms with Crippen LogP contribution in [0.2, 0.25) is 0 Å². The minimum Gasteiger partial charge on any atom is -0.469 e. The van der Waals surface area contributed by atoms with Crippen LogP contribution in [0.1, 0.15) is 19.6 Å². The van der Waals surface area contributed by atoms with Crippen LogP contribution in [0.15, 0.2) is 41.1 Å². The van der Waals surface area contributed by atoms with E-state index in [1.165, 1.54) is 0 Å². The van der Waals surface area contributed by atoms with Crippen molar-refractivity contribution in [1.82, 2.24) is 4.98 Å². The molecule has 0 saturated carbocycles. The highest BCUT2D eigenvalue weighted by molar-refractivity contribution is 5.52. The lowest BCUT2D eigenvalue weighted by Crippen LogP contribution is -2.17. The molecule has 0 aliphatic carbocycles. The van der Waals surface area contributed by atoms with Gasteiger partial charge in [-0.25, -0.2) is 4.98 Å². The Hall–Kier alpha value is -1.97. The molecule has 2 aromatic heterocycles. The molecule has 0 aliphatic rings. The number of hydrogen-bond acceptors (Lipinski definition) is 4. The van der Waals surface area contributed by atoms with Gasteiger partial charge in [-0.15, -0.1) is 0 Å². The van der Waals surface area contributed by atoms with Crippen molar-refractivity contribution in [3.8, 4) is 0 Å². The van der Waals surface area contributed by atoms with E-state index in [-0.39, 0.29) is 0 Å². The second-order valence-corrected chi connectivity index (χ2v) is 4.29. The molecule has 1 unspecified atom stereocenters. The molecule has 2 aromatic rings. The largest absolute Gasteiger partial charge is 0.469 e. The van der Waals surface area contributed by atoms with Gasteiger partial charge >= 0.3 is 0 Å². The van der Waals surface area contributed by atoms with Crippen LogP contribution in [-0.4, -0.2) is 17.6 Å². The van der Waals surface area contributed by atoms with Crippen LogP contribution in [0, 0.1) is 0 Å². The van der Waals surface area contributed by atoms with Crippen LogP contribution >= 0.6 is 0 Å². The Kier molecular flexibility index (Phi) is 4.23. The van der Waals surface area contributed by atoms with E-state index >= 15 is 0 Å². The van der Waals surface area contributed by atoms with Crippen molar-refractivity contribution < 1.29 is 4.42 Å². The molecule has 4 nitrogen and oxygen atoms in total. The van der Waals surface area contributed by atoms with Gasteiger partial charge in [0.1, 0.15) is 11.6 Å². The van der Waals surface area contributed by atoms with E-state index in [0.29, 0.717) is 6.04 Å². The third-order valence-electron chi connectivity index (χ3n) is 2.62. The van der Waals surface area contributed by atoms with Crippen molar-refractivity contribution in [2.45, 2.75) is 26.3 Å². The molecule has 0 aliphatic heterocycles. The van der Waals surface area contributed by atoms with E-state index in [0.717, 1.165) is 30.2 Å². The third kappa shape index (κ3) is 3.52. The predicted octanol–water partition coefficient (Wildman–Crippen LogP) is 3.15. The van der Waals surface area contributed by atoms with Crippen molar-refractivity contribution in [3.05, 3.63) is 42.5 Å². The molecular weight excluding hydrogens is 226 g/mol. The molecule has 2 N–H and O–H groups in total. The fourth-order valence-corrected chi connectivity index (χ4v) is 1.86. The van der Waals surface area contributed by atoms with Crippen molar-refractivity contribution in [3.63, 3.8) is 0 Å². The van der Waals surface area contributed by atoms with Crippen LogP contribution < -0.4 is 10.6 Å². The molecule has 96 valence electrons. The van der Waals surface area contributed by atoms with E-state index in [2.05, 4.69) is 29.5 Å². The smallest absolute Gasteiger partial charge is 0.127 e. The lowest BCUT2D eigenvalue weighted by atomic mass is 10.2. The van der Waals surface area contributed by atoms with Crippen LogP contribution in [0.3, 0.4) is 0 Å². The molecular formula is C14H19N3O. The zero-order valence-electron chi connectivity index (χ0n) is 10.8. The summed E-state index contributed by atoms with van der Waals surface area (Å²) in [5.41, 5.74) is 1.07. The Labute approximate surface area is 107 Å². The average Bonchev–Trinajstić information content (AvgIpc) is 2.82. The summed E-state index contributed by atoms with van der Waals surface area (Å²) in [5, 5.41) is 6.64. The summed E-state index contributed by atoms with van der Waals surface area (Å²) in [6.45, 7) is 5.07. The predicted molar refractivity (Wildman–Crippen MR) is 73.9 cm³/mol. The fourth-order valence-electron chi connectivity index (χ4n) is 1.86. The quantitative estimate of drug-likeness (QED) is 0.820. The monoisotopic (exact) mass is 245 g/mol. The molecule has 0 saturated heterocycles. The van der Waals surface area contributed by atoms with Gasteiger partial charge in [0.2, 0.25) is 0 Å². The first-order valence-corrected chi connectivity index (χ1v) is 6.26. The highest BCUT2D eigenvalue weighted by Gasteiger charge is 2.06. The molecule has 0 bridgehead atoms. The Balaban J connectivity index is 1.93. The number of pyridine rings is 1.